The van der Waals surface area contributed by atoms with Crippen molar-refractivity contribution in [3.8, 4) is 0 Å². The molecule has 0 fully saturated rings. The zero-order valence-electron chi connectivity index (χ0n) is 8.24. The molecule has 16 heavy (non-hydrogen) atoms. The molecule has 7 heteroatoms. The number of carboxylic acids is 1. The molecule has 0 heterocycles. The Kier molecular flexibility index (Phi) is 3.78. The summed E-state index contributed by atoms with van der Waals surface area (Å²) in [6.07, 6.45) is 0. The Morgan fingerprint density at radius 3 is 2.44 bits per heavy atom. The molecule has 4 N–H and O–H groups in total. The number of benzene rings is 1. The Labute approximate surface area is 91.0 Å². The lowest BCUT2D eigenvalue weighted by molar-refractivity contribution is -0.549. The van der Waals surface area contributed by atoms with E-state index in [2.05, 4.69) is 0 Å². The summed E-state index contributed by atoms with van der Waals surface area (Å²) in [6.45, 7) is 0. The number of aliphatic carboxylic acids is 1. The second kappa shape index (κ2) is 5.08. The van der Waals surface area contributed by atoms with Gasteiger partial charge in [-0.3, -0.25) is 0 Å². The van der Waals surface area contributed by atoms with Crippen LogP contribution in [0.25, 0.3) is 0 Å². The van der Waals surface area contributed by atoms with E-state index >= 15 is 0 Å². The van der Waals surface area contributed by atoms with Gasteiger partial charge in [0, 0.05) is 0 Å². The van der Waals surface area contributed by atoms with Gasteiger partial charge in [-0.25, -0.2) is 14.9 Å². The first kappa shape index (κ1) is 11.9. The number of carbonyl (C=O) groups is 1. The van der Waals surface area contributed by atoms with E-state index in [1.807, 2.05) is 0 Å². The fourth-order valence-electron chi connectivity index (χ4n) is 1.27. The summed E-state index contributed by atoms with van der Waals surface area (Å²) in [5.41, 5.74) is 7.83. The van der Waals surface area contributed by atoms with Crippen LogP contribution in [0.3, 0.4) is 0 Å². The van der Waals surface area contributed by atoms with Gasteiger partial charge in [0.2, 0.25) is 6.04 Å². The monoisotopic (exact) mass is 225 g/mol. The number of hydrogen-bond donors (Lipinski definition) is 3. The number of carboxylic acid groups (broad SMARTS) is 1. The summed E-state index contributed by atoms with van der Waals surface area (Å²) >= 11 is 0. The lowest BCUT2D eigenvalue weighted by atomic mass is 10.0. The summed E-state index contributed by atoms with van der Waals surface area (Å²) in [6, 6.07) is 5.89. The molecule has 2 atom stereocenters. The van der Waals surface area contributed by atoms with Gasteiger partial charge in [-0.15, -0.1) is 5.43 Å². The molecule has 0 amide bonds. The average molecular weight is 225 g/mol. The number of hydrogen-bond acceptors (Lipinski definition) is 4. The SMILES string of the molecule is NC(c1ccccc1)[C@H](N[N+](=O)[O-])C(=O)O. The topological polar surface area (TPSA) is 118 Å². The molecule has 86 valence electrons. The Hall–Kier alpha value is -2.15. The van der Waals surface area contributed by atoms with Crippen molar-refractivity contribution in [3.63, 3.8) is 0 Å². The van der Waals surface area contributed by atoms with Gasteiger partial charge in [-0.1, -0.05) is 30.3 Å². The van der Waals surface area contributed by atoms with E-state index in [4.69, 9.17) is 10.8 Å². The van der Waals surface area contributed by atoms with Crippen molar-refractivity contribution in [2.24, 2.45) is 5.73 Å². The number of nitrogens with zero attached hydrogens (tertiary/aromatic N) is 1. The second-order valence-corrected chi connectivity index (χ2v) is 3.14. The molecule has 0 saturated carbocycles. The van der Waals surface area contributed by atoms with Crippen LogP contribution in [0.15, 0.2) is 30.3 Å². The van der Waals surface area contributed by atoms with Crippen molar-refractivity contribution in [1.82, 2.24) is 5.43 Å². The first-order chi connectivity index (χ1) is 7.52. The van der Waals surface area contributed by atoms with E-state index in [0.29, 0.717) is 5.56 Å². The largest absolute Gasteiger partial charge is 0.480 e. The number of nitrogens with two attached hydrogens (primary N) is 1. The highest BCUT2D eigenvalue weighted by molar-refractivity contribution is 5.74. The van der Waals surface area contributed by atoms with E-state index in [1.54, 1.807) is 35.8 Å². The predicted octanol–water partition coefficient (Wildman–Crippen LogP) is -0.0791. The molecule has 0 bridgehead atoms. The smallest absolute Gasteiger partial charge is 0.334 e. The molecule has 0 aliphatic carbocycles. The summed E-state index contributed by atoms with van der Waals surface area (Å²) < 4.78 is 0. The molecule has 1 aromatic carbocycles. The Morgan fingerprint density at radius 2 is 2.00 bits per heavy atom. The minimum Gasteiger partial charge on any atom is -0.480 e. The first-order valence-electron chi connectivity index (χ1n) is 4.46. The quantitative estimate of drug-likeness (QED) is 0.476. The van der Waals surface area contributed by atoms with Crippen molar-refractivity contribution in [2.75, 3.05) is 0 Å². The molecule has 1 rings (SSSR count). The maximum absolute atomic E-state index is 10.8. The molecule has 7 nitrogen and oxygen atoms in total. The van der Waals surface area contributed by atoms with E-state index in [-0.39, 0.29) is 0 Å². The number of nitrogens with one attached hydrogen (secondary N) is 1. The number of nitro groups is 1. The van der Waals surface area contributed by atoms with E-state index in [9.17, 15) is 14.9 Å². The summed E-state index contributed by atoms with van der Waals surface area (Å²) in [5, 5.41) is 18.1. The minimum atomic E-state index is -1.46. The third kappa shape index (κ3) is 2.92. The van der Waals surface area contributed by atoms with Crippen molar-refractivity contribution in [3.05, 3.63) is 46.0 Å². The maximum Gasteiger partial charge on any atom is 0.334 e. The zero-order chi connectivity index (χ0) is 12.1. The zero-order valence-corrected chi connectivity index (χ0v) is 8.24. The first-order valence-corrected chi connectivity index (χ1v) is 4.46. The Morgan fingerprint density at radius 1 is 1.44 bits per heavy atom. The van der Waals surface area contributed by atoms with Crippen molar-refractivity contribution in [1.29, 1.82) is 0 Å². The van der Waals surface area contributed by atoms with Gasteiger partial charge in [0.05, 0.1) is 6.04 Å². The lowest BCUT2D eigenvalue weighted by Gasteiger charge is -2.17. The fraction of sp³-hybridized carbons (Fsp3) is 0.222. The van der Waals surface area contributed by atoms with Crippen LogP contribution in [-0.4, -0.2) is 22.1 Å². The molecule has 0 aliphatic heterocycles. The summed E-state index contributed by atoms with van der Waals surface area (Å²) in [7, 11) is 0. The van der Waals surface area contributed by atoms with Crippen molar-refractivity contribution < 1.29 is 14.9 Å². The third-order valence-electron chi connectivity index (χ3n) is 2.05. The molecular weight excluding hydrogens is 214 g/mol. The minimum absolute atomic E-state index is 0.518. The summed E-state index contributed by atoms with van der Waals surface area (Å²) in [5.74, 6) is -1.37. The van der Waals surface area contributed by atoms with Crippen LogP contribution in [-0.2, 0) is 4.79 Å². The van der Waals surface area contributed by atoms with Crippen LogP contribution in [0.5, 0.6) is 0 Å². The van der Waals surface area contributed by atoms with Crippen LogP contribution in [0.1, 0.15) is 11.6 Å². The van der Waals surface area contributed by atoms with E-state index in [1.165, 1.54) is 0 Å². The molecule has 0 spiro atoms. The van der Waals surface area contributed by atoms with Gasteiger partial charge >= 0.3 is 5.97 Å². The van der Waals surface area contributed by atoms with Crippen LogP contribution in [0.2, 0.25) is 0 Å². The third-order valence-corrected chi connectivity index (χ3v) is 2.05. The summed E-state index contributed by atoms with van der Waals surface area (Å²) in [4.78, 5) is 21.0. The van der Waals surface area contributed by atoms with Crippen LogP contribution >= 0.6 is 0 Å². The van der Waals surface area contributed by atoms with Gasteiger partial charge < -0.3 is 10.8 Å². The van der Waals surface area contributed by atoms with Gasteiger partial charge in [-0.05, 0) is 5.56 Å². The van der Waals surface area contributed by atoms with Crippen LogP contribution in [0.4, 0.5) is 0 Å². The van der Waals surface area contributed by atoms with Gasteiger partial charge in [0.25, 0.3) is 0 Å². The molecular formula is C9H11N3O4. The van der Waals surface area contributed by atoms with E-state index in [0.717, 1.165) is 0 Å². The maximum atomic E-state index is 10.8. The highest BCUT2D eigenvalue weighted by Gasteiger charge is 2.30. The van der Waals surface area contributed by atoms with Crippen molar-refractivity contribution >= 4 is 5.97 Å². The number of hydrazine groups is 1. The standard InChI is InChI=1S/C9H11N3O4/c10-7(6-4-2-1-3-5-6)8(9(13)14)11-12(15)16/h1-5,7-8,11H,10H2,(H,13,14)/t7?,8-/m0/s1. The van der Waals surface area contributed by atoms with E-state index < -0.39 is 23.1 Å². The lowest BCUT2D eigenvalue weighted by Crippen LogP contribution is -2.47. The Balaban J connectivity index is 2.87. The normalized spacial score (nSPS) is 13.8. The van der Waals surface area contributed by atoms with Crippen LogP contribution < -0.4 is 11.2 Å². The molecule has 0 aromatic heterocycles. The number of rotatable bonds is 5. The molecule has 0 radical (unpaired) electrons. The molecule has 0 saturated heterocycles. The van der Waals surface area contributed by atoms with Crippen LogP contribution in [0, 0.1) is 10.1 Å². The highest BCUT2D eigenvalue weighted by atomic mass is 16.7. The predicted molar refractivity (Wildman–Crippen MR) is 54.9 cm³/mol. The molecule has 0 aliphatic rings. The second-order valence-electron chi connectivity index (χ2n) is 3.14. The molecule has 1 unspecified atom stereocenters. The average Bonchev–Trinajstić information content (AvgIpc) is 2.25. The van der Waals surface area contributed by atoms with Gasteiger partial charge in [0.15, 0.2) is 5.03 Å². The Bertz CT molecular complexity index is 382. The van der Waals surface area contributed by atoms with Crippen molar-refractivity contribution in [2.45, 2.75) is 12.1 Å². The fourth-order valence-corrected chi connectivity index (χ4v) is 1.27. The molecule has 1 aromatic rings. The van der Waals surface area contributed by atoms with Gasteiger partial charge in [0.1, 0.15) is 0 Å². The van der Waals surface area contributed by atoms with Gasteiger partial charge in [-0.2, -0.15) is 0 Å². The highest BCUT2D eigenvalue weighted by Crippen LogP contribution is 2.13.